The first-order valence-electron chi connectivity index (χ1n) is 4.32. The van der Waals surface area contributed by atoms with E-state index in [-0.39, 0.29) is 12.5 Å². The van der Waals surface area contributed by atoms with Crippen molar-refractivity contribution in [3.8, 4) is 0 Å². The van der Waals surface area contributed by atoms with Crippen LogP contribution >= 0.6 is 0 Å². The number of aromatic amines is 1. The van der Waals surface area contributed by atoms with E-state index >= 15 is 0 Å². The van der Waals surface area contributed by atoms with Crippen molar-refractivity contribution in [2.75, 3.05) is 11.9 Å². The molecule has 1 aliphatic rings. The first kappa shape index (κ1) is 8.31. The van der Waals surface area contributed by atoms with Crippen molar-refractivity contribution < 1.29 is 9.90 Å². The molecule has 0 aliphatic heterocycles. The Hall–Kier alpha value is -1.29. The van der Waals surface area contributed by atoms with Crippen LogP contribution in [0.15, 0.2) is 18.5 Å². The van der Waals surface area contributed by atoms with Crippen LogP contribution in [0.4, 0.5) is 5.69 Å². The van der Waals surface area contributed by atoms with Crippen LogP contribution in [0.3, 0.4) is 0 Å². The summed E-state index contributed by atoms with van der Waals surface area (Å²) in [4.78, 5) is 14.4. The summed E-state index contributed by atoms with van der Waals surface area (Å²) in [5, 5.41) is 11.7. The monoisotopic (exact) mass is 180 g/mol. The van der Waals surface area contributed by atoms with E-state index in [0.717, 1.165) is 18.5 Å². The lowest BCUT2D eigenvalue weighted by Gasteiger charge is -2.10. The highest BCUT2D eigenvalue weighted by Crippen LogP contribution is 2.45. The normalized spacial score (nSPS) is 18.2. The molecule has 13 heavy (non-hydrogen) atoms. The molecule has 1 aromatic heterocycles. The number of hydrogen-bond donors (Lipinski definition) is 3. The number of aliphatic hydroxyl groups excluding tert-OH is 1. The second-order valence-corrected chi connectivity index (χ2v) is 3.49. The molecule has 3 N–H and O–H groups in total. The van der Waals surface area contributed by atoms with E-state index in [1.165, 1.54) is 0 Å². The fraction of sp³-hybridized carbons (Fsp3) is 0.444. The van der Waals surface area contributed by atoms with Gasteiger partial charge in [0, 0.05) is 12.4 Å². The molecule has 0 radical (unpaired) electrons. The molecule has 0 aromatic carbocycles. The van der Waals surface area contributed by atoms with Gasteiger partial charge in [-0.15, -0.1) is 0 Å². The van der Waals surface area contributed by atoms with Crippen LogP contribution in [0, 0.1) is 5.41 Å². The van der Waals surface area contributed by atoms with Gasteiger partial charge in [0.1, 0.15) is 0 Å². The standard InChI is InChI=1S/C9H12N2O2/c12-6-9(2-3-9)8(13)11-7-1-4-10-5-7/h1,4-5,10,12H,2-3,6H2,(H,11,13). The molecule has 0 spiro atoms. The van der Waals surface area contributed by atoms with E-state index < -0.39 is 5.41 Å². The fourth-order valence-corrected chi connectivity index (χ4v) is 1.27. The van der Waals surface area contributed by atoms with Crippen LogP contribution in [-0.4, -0.2) is 22.6 Å². The van der Waals surface area contributed by atoms with Crippen molar-refractivity contribution in [1.29, 1.82) is 0 Å². The lowest BCUT2D eigenvalue weighted by molar-refractivity contribution is -0.122. The van der Waals surface area contributed by atoms with Gasteiger partial charge in [-0.2, -0.15) is 0 Å². The second kappa shape index (κ2) is 2.88. The van der Waals surface area contributed by atoms with Crippen molar-refractivity contribution in [3.05, 3.63) is 18.5 Å². The maximum absolute atomic E-state index is 11.5. The minimum Gasteiger partial charge on any atom is -0.395 e. The highest BCUT2D eigenvalue weighted by molar-refractivity contribution is 5.97. The third-order valence-electron chi connectivity index (χ3n) is 2.49. The van der Waals surface area contributed by atoms with Crippen LogP contribution in [0.1, 0.15) is 12.8 Å². The van der Waals surface area contributed by atoms with Gasteiger partial charge < -0.3 is 15.4 Å². The van der Waals surface area contributed by atoms with Crippen LogP contribution in [0.2, 0.25) is 0 Å². The summed E-state index contributed by atoms with van der Waals surface area (Å²) in [7, 11) is 0. The number of aromatic nitrogens is 1. The quantitative estimate of drug-likeness (QED) is 0.642. The van der Waals surface area contributed by atoms with Gasteiger partial charge in [-0.25, -0.2) is 0 Å². The minimum atomic E-state index is -0.489. The lowest BCUT2D eigenvalue weighted by atomic mass is 10.1. The summed E-state index contributed by atoms with van der Waals surface area (Å²) in [6.45, 7) is -0.0523. The van der Waals surface area contributed by atoms with Crippen molar-refractivity contribution in [2.45, 2.75) is 12.8 Å². The van der Waals surface area contributed by atoms with Gasteiger partial charge in [0.15, 0.2) is 0 Å². The number of carbonyl (C=O) groups excluding carboxylic acids is 1. The summed E-state index contributed by atoms with van der Waals surface area (Å²) in [6, 6.07) is 1.78. The molecule has 4 nitrogen and oxygen atoms in total. The zero-order chi connectivity index (χ0) is 9.31. The van der Waals surface area contributed by atoms with Gasteiger partial charge in [-0.1, -0.05) is 0 Å². The summed E-state index contributed by atoms with van der Waals surface area (Å²) in [6.07, 6.45) is 5.04. The van der Waals surface area contributed by atoms with E-state index in [1.54, 1.807) is 18.5 Å². The average molecular weight is 180 g/mol. The van der Waals surface area contributed by atoms with Crippen molar-refractivity contribution in [1.82, 2.24) is 4.98 Å². The minimum absolute atomic E-state index is 0.0523. The molecule has 1 fully saturated rings. The molecule has 1 heterocycles. The molecule has 2 rings (SSSR count). The van der Waals surface area contributed by atoms with Crippen LogP contribution in [-0.2, 0) is 4.79 Å². The Kier molecular flexibility index (Phi) is 1.84. The SMILES string of the molecule is O=C(Nc1cc[nH]c1)C1(CO)CC1. The van der Waals surface area contributed by atoms with Crippen molar-refractivity contribution in [3.63, 3.8) is 0 Å². The molecular weight excluding hydrogens is 168 g/mol. The predicted octanol–water partition coefficient (Wildman–Crippen LogP) is 0.726. The zero-order valence-corrected chi connectivity index (χ0v) is 7.21. The number of hydrogen-bond acceptors (Lipinski definition) is 2. The Morgan fingerprint density at radius 1 is 1.69 bits per heavy atom. The second-order valence-electron chi connectivity index (χ2n) is 3.49. The number of anilines is 1. The van der Waals surface area contributed by atoms with E-state index in [4.69, 9.17) is 5.11 Å². The Bertz CT molecular complexity index is 301. The number of H-pyrrole nitrogens is 1. The third-order valence-corrected chi connectivity index (χ3v) is 2.49. The average Bonchev–Trinajstić information content (AvgIpc) is 2.79. The van der Waals surface area contributed by atoms with E-state index in [2.05, 4.69) is 10.3 Å². The molecule has 1 amide bonds. The van der Waals surface area contributed by atoms with Gasteiger partial charge in [-0.3, -0.25) is 4.79 Å². The molecule has 4 heteroatoms. The highest BCUT2D eigenvalue weighted by atomic mass is 16.3. The number of carbonyl (C=O) groups is 1. The maximum Gasteiger partial charge on any atom is 0.232 e. The van der Waals surface area contributed by atoms with E-state index in [1.807, 2.05) is 0 Å². The molecule has 0 atom stereocenters. The molecule has 0 saturated heterocycles. The van der Waals surface area contributed by atoms with Gasteiger partial charge in [0.05, 0.1) is 17.7 Å². The van der Waals surface area contributed by atoms with Crippen molar-refractivity contribution in [2.24, 2.45) is 5.41 Å². The molecule has 1 aliphatic carbocycles. The topological polar surface area (TPSA) is 65.1 Å². The Labute approximate surface area is 76.0 Å². The van der Waals surface area contributed by atoms with E-state index in [9.17, 15) is 4.79 Å². The van der Waals surface area contributed by atoms with Gasteiger partial charge >= 0.3 is 0 Å². The largest absolute Gasteiger partial charge is 0.395 e. The summed E-state index contributed by atoms with van der Waals surface area (Å²) < 4.78 is 0. The van der Waals surface area contributed by atoms with Gasteiger partial charge in [-0.05, 0) is 18.9 Å². The van der Waals surface area contributed by atoms with Gasteiger partial charge in [0.25, 0.3) is 0 Å². The number of nitrogens with one attached hydrogen (secondary N) is 2. The zero-order valence-electron chi connectivity index (χ0n) is 7.21. The molecule has 0 bridgehead atoms. The summed E-state index contributed by atoms with van der Waals surface area (Å²) in [5.41, 5.74) is 0.266. The first-order chi connectivity index (χ1) is 6.27. The summed E-state index contributed by atoms with van der Waals surface area (Å²) >= 11 is 0. The molecule has 70 valence electrons. The Morgan fingerprint density at radius 3 is 2.92 bits per heavy atom. The van der Waals surface area contributed by atoms with Crippen LogP contribution in [0.25, 0.3) is 0 Å². The van der Waals surface area contributed by atoms with Crippen LogP contribution in [0.5, 0.6) is 0 Å². The highest BCUT2D eigenvalue weighted by Gasteiger charge is 2.49. The smallest absolute Gasteiger partial charge is 0.232 e. The Morgan fingerprint density at radius 2 is 2.46 bits per heavy atom. The molecule has 1 aromatic rings. The van der Waals surface area contributed by atoms with Gasteiger partial charge in [0.2, 0.25) is 5.91 Å². The van der Waals surface area contributed by atoms with E-state index in [0.29, 0.717) is 0 Å². The third kappa shape index (κ3) is 1.45. The molecule has 0 unspecified atom stereocenters. The summed E-state index contributed by atoms with van der Waals surface area (Å²) in [5.74, 6) is -0.0744. The number of rotatable bonds is 3. The first-order valence-corrected chi connectivity index (χ1v) is 4.32. The lowest BCUT2D eigenvalue weighted by Crippen LogP contribution is -2.26. The van der Waals surface area contributed by atoms with Crippen LogP contribution < -0.4 is 5.32 Å². The molecular formula is C9H12N2O2. The van der Waals surface area contributed by atoms with Crippen molar-refractivity contribution >= 4 is 11.6 Å². The number of aliphatic hydroxyl groups is 1. The maximum atomic E-state index is 11.5. The molecule has 1 saturated carbocycles. The number of amides is 1. The fourth-order valence-electron chi connectivity index (χ4n) is 1.27. The Balaban J connectivity index is 2.00. The predicted molar refractivity (Wildman–Crippen MR) is 48.2 cm³/mol.